The van der Waals surface area contributed by atoms with Gasteiger partial charge >= 0.3 is 5.97 Å². The largest absolute Gasteiger partial charge is 0.462 e. The predicted molar refractivity (Wildman–Crippen MR) is 153 cm³/mol. The Labute approximate surface area is 234 Å². The van der Waals surface area contributed by atoms with Crippen LogP contribution in [-0.4, -0.2) is 39.2 Å². The quantitative estimate of drug-likeness (QED) is 0.175. The van der Waals surface area contributed by atoms with Gasteiger partial charge in [-0.1, -0.05) is 60.1 Å². The summed E-state index contributed by atoms with van der Waals surface area (Å²) in [5.41, 5.74) is 3.54. The van der Waals surface area contributed by atoms with Gasteiger partial charge in [-0.25, -0.2) is 13.2 Å². The SMILES string of the molecule is CCOC(=O)c1cccc(-c2cccc(S(=O)(=O)c3ccc(CCNC[C@H](O)c4cccc(Cl)c4)cc3)c2)c1. The first kappa shape index (κ1) is 28.5. The lowest BCUT2D eigenvalue weighted by Gasteiger charge is -2.13. The third kappa shape index (κ3) is 7.34. The van der Waals surface area contributed by atoms with Gasteiger partial charge in [0.25, 0.3) is 0 Å². The van der Waals surface area contributed by atoms with Gasteiger partial charge in [0.2, 0.25) is 9.84 Å². The summed E-state index contributed by atoms with van der Waals surface area (Å²) in [6.07, 6.45) is 0.00846. The van der Waals surface area contributed by atoms with Gasteiger partial charge in [-0.15, -0.1) is 0 Å². The van der Waals surface area contributed by atoms with E-state index in [-0.39, 0.29) is 16.4 Å². The summed E-state index contributed by atoms with van der Waals surface area (Å²) in [7, 11) is -3.74. The van der Waals surface area contributed by atoms with Crippen LogP contribution in [-0.2, 0) is 21.0 Å². The number of halogens is 1. The predicted octanol–water partition coefficient (Wildman–Crippen LogP) is 5.88. The van der Waals surface area contributed by atoms with Crippen LogP contribution in [0.4, 0.5) is 0 Å². The molecule has 1 atom stereocenters. The standard InChI is InChI=1S/C31H30ClNO5S/c1-2-38-31(35)26-9-3-6-23(18-26)24-7-5-11-29(20-24)39(36,37)28-14-12-22(13-15-28)16-17-33-21-30(34)25-8-4-10-27(32)19-25/h3-15,18-20,30,33-34H,2,16-17,21H2,1H3/t30-/m0/s1. The summed E-state index contributed by atoms with van der Waals surface area (Å²) < 4.78 is 31.8. The number of sulfone groups is 1. The van der Waals surface area contributed by atoms with Gasteiger partial charge in [-0.05, 0) is 90.7 Å². The first-order valence-electron chi connectivity index (χ1n) is 12.6. The molecule has 6 nitrogen and oxygen atoms in total. The maximum absolute atomic E-state index is 13.4. The summed E-state index contributed by atoms with van der Waals surface area (Å²) in [5, 5.41) is 14.1. The van der Waals surface area contributed by atoms with Crippen LogP contribution in [0, 0.1) is 0 Å². The molecule has 4 aromatic rings. The minimum absolute atomic E-state index is 0.172. The molecule has 0 aliphatic heterocycles. The summed E-state index contributed by atoms with van der Waals surface area (Å²) in [5.74, 6) is -0.421. The lowest BCUT2D eigenvalue weighted by molar-refractivity contribution is 0.0526. The molecule has 4 aromatic carbocycles. The fourth-order valence-electron chi connectivity index (χ4n) is 4.16. The van der Waals surface area contributed by atoms with Gasteiger partial charge in [-0.2, -0.15) is 0 Å². The maximum Gasteiger partial charge on any atom is 0.338 e. The number of esters is 1. The summed E-state index contributed by atoms with van der Waals surface area (Å²) in [6.45, 7) is 3.02. The highest BCUT2D eigenvalue weighted by molar-refractivity contribution is 7.91. The van der Waals surface area contributed by atoms with E-state index in [1.54, 1.807) is 85.8 Å². The Morgan fingerprint density at radius 2 is 1.59 bits per heavy atom. The van der Waals surface area contributed by atoms with Gasteiger partial charge in [0.05, 0.1) is 28.1 Å². The molecule has 0 bridgehead atoms. The van der Waals surface area contributed by atoms with Crippen LogP contribution in [0.15, 0.2) is 107 Å². The van der Waals surface area contributed by atoms with Crippen LogP contribution in [0.3, 0.4) is 0 Å². The second-order valence-corrected chi connectivity index (χ2v) is 11.4. The van der Waals surface area contributed by atoms with Crippen molar-refractivity contribution in [3.8, 4) is 11.1 Å². The van der Waals surface area contributed by atoms with Crippen molar-refractivity contribution in [2.75, 3.05) is 19.7 Å². The van der Waals surface area contributed by atoms with Crippen molar-refractivity contribution in [3.63, 3.8) is 0 Å². The Morgan fingerprint density at radius 3 is 2.31 bits per heavy atom. The average molecular weight is 564 g/mol. The fourth-order valence-corrected chi connectivity index (χ4v) is 5.66. The molecule has 2 N–H and O–H groups in total. The van der Waals surface area contributed by atoms with E-state index in [0.717, 1.165) is 16.7 Å². The maximum atomic E-state index is 13.4. The van der Waals surface area contributed by atoms with Crippen molar-refractivity contribution in [2.24, 2.45) is 0 Å². The first-order chi connectivity index (χ1) is 18.8. The van der Waals surface area contributed by atoms with Crippen LogP contribution in [0.1, 0.15) is 34.5 Å². The van der Waals surface area contributed by atoms with Gasteiger partial charge in [0.15, 0.2) is 0 Å². The van der Waals surface area contributed by atoms with E-state index in [1.807, 2.05) is 18.2 Å². The topological polar surface area (TPSA) is 92.7 Å². The number of rotatable bonds is 11. The van der Waals surface area contributed by atoms with E-state index in [0.29, 0.717) is 35.7 Å². The van der Waals surface area contributed by atoms with Crippen molar-refractivity contribution >= 4 is 27.4 Å². The monoisotopic (exact) mass is 563 g/mol. The molecule has 0 aliphatic rings. The van der Waals surface area contributed by atoms with E-state index < -0.39 is 21.9 Å². The molecule has 0 heterocycles. The Morgan fingerprint density at radius 1 is 0.897 bits per heavy atom. The van der Waals surface area contributed by atoms with E-state index in [1.165, 1.54) is 0 Å². The number of benzene rings is 4. The lowest BCUT2D eigenvalue weighted by atomic mass is 10.0. The van der Waals surface area contributed by atoms with E-state index in [4.69, 9.17) is 16.3 Å². The number of carbonyl (C=O) groups is 1. The highest BCUT2D eigenvalue weighted by Crippen LogP contribution is 2.27. The Hall–Kier alpha value is -3.49. The molecule has 8 heteroatoms. The highest BCUT2D eigenvalue weighted by Gasteiger charge is 2.19. The zero-order chi connectivity index (χ0) is 27.8. The van der Waals surface area contributed by atoms with Crippen molar-refractivity contribution in [2.45, 2.75) is 29.2 Å². The summed E-state index contributed by atoms with van der Waals surface area (Å²) in [4.78, 5) is 12.5. The zero-order valence-corrected chi connectivity index (χ0v) is 23.1. The molecular weight excluding hydrogens is 534 g/mol. The second-order valence-electron chi connectivity index (χ2n) is 9.00. The Bertz CT molecular complexity index is 1540. The molecule has 0 aromatic heterocycles. The Kier molecular flexibility index (Phi) is 9.54. The number of aliphatic hydroxyl groups excluding tert-OH is 1. The summed E-state index contributed by atoms with van der Waals surface area (Å²) >= 11 is 5.99. The number of hydrogen-bond donors (Lipinski definition) is 2. The van der Waals surface area contributed by atoms with E-state index >= 15 is 0 Å². The third-order valence-corrected chi connectivity index (χ3v) is 8.25. The lowest BCUT2D eigenvalue weighted by Crippen LogP contribution is -2.23. The number of aliphatic hydroxyl groups is 1. The molecule has 0 amide bonds. The Balaban J connectivity index is 1.40. The van der Waals surface area contributed by atoms with Gasteiger partial charge in [-0.3, -0.25) is 0 Å². The zero-order valence-electron chi connectivity index (χ0n) is 21.5. The molecule has 39 heavy (non-hydrogen) atoms. The highest BCUT2D eigenvalue weighted by atomic mass is 35.5. The molecular formula is C31H30ClNO5S. The van der Waals surface area contributed by atoms with Crippen LogP contribution < -0.4 is 5.32 Å². The van der Waals surface area contributed by atoms with Crippen molar-refractivity contribution in [1.82, 2.24) is 5.32 Å². The molecule has 0 saturated heterocycles. The van der Waals surface area contributed by atoms with Crippen LogP contribution in [0.25, 0.3) is 11.1 Å². The molecule has 0 radical (unpaired) electrons. The van der Waals surface area contributed by atoms with E-state index in [2.05, 4.69) is 5.32 Å². The van der Waals surface area contributed by atoms with E-state index in [9.17, 15) is 18.3 Å². The number of carbonyl (C=O) groups excluding carboxylic acids is 1. The minimum Gasteiger partial charge on any atom is -0.462 e. The molecule has 0 aliphatic carbocycles. The summed E-state index contributed by atoms with van der Waals surface area (Å²) in [6, 6.07) is 27.6. The molecule has 0 saturated carbocycles. The normalized spacial score (nSPS) is 12.2. The van der Waals surface area contributed by atoms with Crippen LogP contribution in [0.5, 0.6) is 0 Å². The molecule has 0 unspecified atom stereocenters. The number of hydrogen-bond acceptors (Lipinski definition) is 6. The molecule has 0 fully saturated rings. The molecule has 0 spiro atoms. The molecule has 4 rings (SSSR count). The third-order valence-electron chi connectivity index (χ3n) is 6.25. The van der Waals surface area contributed by atoms with Crippen molar-refractivity contribution in [1.29, 1.82) is 0 Å². The van der Waals surface area contributed by atoms with Gasteiger partial charge in [0, 0.05) is 11.6 Å². The minimum atomic E-state index is -3.74. The van der Waals surface area contributed by atoms with Gasteiger partial charge < -0.3 is 15.2 Å². The smallest absolute Gasteiger partial charge is 0.338 e. The van der Waals surface area contributed by atoms with Crippen LogP contribution in [0.2, 0.25) is 5.02 Å². The molecule has 202 valence electrons. The van der Waals surface area contributed by atoms with Crippen LogP contribution >= 0.6 is 11.6 Å². The average Bonchev–Trinajstić information content (AvgIpc) is 2.96. The van der Waals surface area contributed by atoms with Crippen molar-refractivity contribution in [3.05, 3.63) is 119 Å². The van der Waals surface area contributed by atoms with Crippen molar-refractivity contribution < 1.29 is 23.1 Å². The second kappa shape index (κ2) is 13.0. The van der Waals surface area contributed by atoms with Gasteiger partial charge in [0.1, 0.15) is 0 Å². The number of ether oxygens (including phenoxy) is 1. The number of nitrogens with one attached hydrogen (secondary N) is 1. The fraction of sp³-hybridized carbons (Fsp3) is 0.194. The first-order valence-corrected chi connectivity index (χ1v) is 14.5.